The molecule has 0 saturated carbocycles. The van der Waals surface area contributed by atoms with Crippen LogP contribution >= 0.6 is 23.1 Å². The van der Waals surface area contributed by atoms with Crippen molar-refractivity contribution in [2.24, 2.45) is 4.99 Å². The first-order valence-electron chi connectivity index (χ1n) is 7.23. The zero-order valence-electron chi connectivity index (χ0n) is 12.6. The highest BCUT2D eigenvalue weighted by molar-refractivity contribution is 8.14. The lowest BCUT2D eigenvalue weighted by Gasteiger charge is -2.17. The van der Waals surface area contributed by atoms with Crippen LogP contribution < -0.4 is 4.90 Å². The Morgan fingerprint density at radius 3 is 2.71 bits per heavy atom. The van der Waals surface area contributed by atoms with Gasteiger partial charge in [0.05, 0.1) is 12.1 Å². The van der Waals surface area contributed by atoms with Crippen molar-refractivity contribution < 1.29 is 14.7 Å². The van der Waals surface area contributed by atoms with Crippen molar-refractivity contribution >= 4 is 51.9 Å². The van der Waals surface area contributed by atoms with E-state index in [1.165, 1.54) is 28.0 Å². The average Bonchev–Trinajstić information content (AvgIpc) is 3.17. The van der Waals surface area contributed by atoms with Crippen molar-refractivity contribution in [1.82, 2.24) is 0 Å². The number of thioether (sulfide) groups is 1. The molecule has 0 fully saturated rings. The summed E-state index contributed by atoms with van der Waals surface area (Å²) in [5.74, 6) is -0.711. The third-order valence-corrected chi connectivity index (χ3v) is 4.97. The number of hydrogen-bond acceptors (Lipinski definition) is 5. The number of anilines is 1. The maximum Gasteiger partial charge on any atom is 0.304 e. The van der Waals surface area contributed by atoms with Gasteiger partial charge >= 0.3 is 5.97 Å². The van der Waals surface area contributed by atoms with Gasteiger partial charge in [-0.1, -0.05) is 36.0 Å². The minimum absolute atomic E-state index is 0.0183. The number of amides is 1. The third-order valence-electron chi connectivity index (χ3n) is 3.21. The number of carboxylic acids is 1. The first-order chi connectivity index (χ1) is 11.6. The fourth-order valence-corrected chi connectivity index (χ4v) is 3.73. The van der Waals surface area contributed by atoms with Crippen LogP contribution in [-0.4, -0.2) is 27.9 Å². The van der Waals surface area contributed by atoms with Gasteiger partial charge in [0, 0.05) is 10.6 Å². The standard InChI is InChI=1S/C17H14N2O3S2/c20-15(21)8-10-24-17-18-14(11-13-7-4-9-23-13)16(22)19(17)12-5-2-1-3-6-12/h1-7,9,11H,8,10H2,(H,20,21)/b14-11-. The number of thiophene rings is 1. The van der Waals surface area contributed by atoms with Crippen LogP contribution in [0.15, 0.2) is 58.5 Å². The van der Waals surface area contributed by atoms with Crippen molar-refractivity contribution in [2.45, 2.75) is 6.42 Å². The molecule has 0 aliphatic carbocycles. The molecule has 0 saturated heterocycles. The number of amidine groups is 1. The molecule has 1 aliphatic heterocycles. The highest BCUT2D eigenvalue weighted by Crippen LogP contribution is 2.30. The summed E-state index contributed by atoms with van der Waals surface area (Å²) < 4.78 is 0. The number of carbonyl (C=O) groups excluding carboxylic acids is 1. The van der Waals surface area contributed by atoms with Gasteiger partial charge in [0.2, 0.25) is 0 Å². The van der Waals surface area contributed by atoms with E-state index in [1.807, 2.05) is 47.8 Å². The monoisotopic (exact) mass is 358 g/mol. The zero-order valence-corrected chi connectivity index (χ0v) is 14.2. The number of carbonyl (C=O) groups is 2. The maximum atomic E-state index is 12.8. The number of aliphatic carboxylic acids is 1. The summed E-state index contributed by atoms with van der Waals surface area (Å²) in [6, 6.07) is 13.1. The van der Waals surface area contributed by atoms with Gasteiger partial charge in [0.1, 0.15) is 5.70 Å². The van der Waals surface area contributed by atoms with Crippen molar-refractivity contribution in [2.75, 3.05) is 10.7 Å². The molecule has 1 aromatic heterocycles. The van der Waals surface area contributed by atoms with Crippen LogP contribution in [0.4, 0.5) is 5.69 Å². The molecule has 0 spiro atoms. The summed E-state index contributed by atoms with van der Waals surface area (Å²) in [5, 5.41) is 11.2. The number of benzene rings is 1. The highest BCUT2D eigenvalue weighted by atomic mass is 32.2. The largest absolute Gasteiger partial charge is 0.481 e. The van der Waals surface area contributed by atoms with Gasteiger partial charge < -0.3 is 5.11 Å². The molecule has 0 bridgehead atoms. The van der Waals surface area contributed by atoms with Gasteiger partial charge in [0.25, 0.3) is 5.91 Å². The summed E-state index contributed by atoms with van der Waals surface area (Å²) in [7, 11) is 0. The van der Waals surface area contributed by atoms with E-state index in [0.29, 0.717) is 16.6 Å². The molecule has 1 N–H and O–H groups in total. The highest BCUT2D eigenvalue weighted by Gasteiger charge is 2.31. The molecule has 2 heterocycles. The molecule has 5 nitrogen and oxygen atoms in total. The van der Waals surface area contributed by atoms with E-state index in [2.05, 4.69) is 4.99 Å². The van der Waals surface area contributed by atoms with Gasteiger partial charge in [-0.15, -0.1) is 11.3 Å². The van der Waals surface area contributed by atoms with E-state index in [0.717, 1.165) is 10.6 Å². The van der Waals surface area contributed by atoms with Crippen molar-refractivity contribution in [3.05, 3.63) is 58.4 Å². The first-order valence-corrected chi connectivity index (χ1v) is 9.09. The molecule has 24 heavy (non-hydrogen) atoms. The Labute approximate surface area is 147 Å². The van der Waals surface area contributed by atoms with Crippen LogP contribution in [0.3, 0.4) is 0 Å². The Bertz CT molecular complexity index is 799. The van der Waals surface area contributed by atoms with Crippen LogP contribution in [0, 0.1) is 0 Å². The average molecular weight is 358 g/mol. The van der Waals surface area contributed by atoms with Crippen LogP contribution in [0.2, 0.25) is 0 Å². The van der Waals surface area contributed by atoms with E-state index in [9.17, 15) is 9.59 Å². The Kier molecular flexibility index (Phi) is 5.12. The Hall–Kier alpha value is -2.38. The third kappa shape index (κ3) is 3.74. The molecule has 122 valence electrons. The predicted octanol–water partition coefficient (Wildman–Crippen LogP) is 3.70. The van der Waals surface area contributed by atoms with E-state index in [-0.39, 0.29) is 12.3 Å². The summed E-state index contributed by atoms with van der Waals surface area (Å²) in [4.78, 5) is 30.4. The minimum atomic E-state index is -0.868. The van der Waals surface area contributed by atoms with Crippen LogP contribution in [0.5, 0.6) is 0 Å². The number of para-hydroxylation sites is 1. The van der Waals surface area contributed by atoms with Gasteiger partial charge in [-0.3, -0.25) is 14.5 Å². The van der Waals surface area contributed by atoms with E-state index in [4.69, 9.17) is 5.11 Å². The number of carboxylic acid groups (broad SMARTS) is 1. The SMILES string of the molecule is O=C(O)CCSC1=N/C(=C\c2cccs2)C(=O)N1c1ccccc1. The lowest BCUT2D eigenvalue weighted by Crippen LogP contribution is -2.30. The van der Waals surface area contributed by atoms with Crippen LogP contribution in [0.25, 0.3) is 6.08 Å². The Morgan fingerprint density at radius 2 is 2.04 bits per heavy atom. The zero-order chi connectivity index (χ0) is 16.9. The first kappa shape index (κ1) is 16.5. The summed E-state index contributed by atoms with van der Waals surface area (Å²) >= 11 is 2.80. The molecule has 3 rings (SSSR count). The molecular formula is C17H14N2O3S2. The molecule has 1 aromatic carbocycles. The number of hydrogen-bond donors (Lipinski definition) is 1. The van der Waals surface area contributed by atoms with Gasteiger partial charge in [-0.2, -0.15) is 0 Å². The molecule has 7 heteroatoms. The van der Waals surface area contributed by atoms with E-state index >= 15 is 0 Å². The second-order valence-corrected chi connectivity index (χ2v) is 6.95. The molecule has 0 atom stereocenters. The second kappa shape index (κ2) is 7.46. The van der Waals surface area contributed by atoms with Crippen LogP contribution in [0.1, 0.15) is 11.3 Å². The molecule has 0 radical (unpaired) electrons. The molecule has 1 amide bonds. The maximum absolute atomic E-state index is 12.8. The molecule has 0 unspecified atom stereocenters. The summed E-state index contributed by atoms with van der Waals surface area (Å²) in [6.07, 6.45) is 1.78. The molecule has 2 aromatic rings. The van der Waals surface area contributed by atoms with Gasteiger partial charge in [0.15, 0.2) is 5.17 Å². The minimum Gasteiger partial charge on any atom is -0.481 e. The predicted molar refractivity (Wildman–Crippen MR) is 98.4 cm³/mol. The van der Waals surface area contributed by atoms with Crippen molar-refractivity contribution in [3.8, 4) is 0 Å². The molecular weight excluding hydrogens is 344 g/mol. The Balaban J connectivity index is 1.89. The summed E-state index contributed by atoms with van der Waals surface area (Å²) in [6.45, 7) is 0. The summed E-state index contributed by atoms with van der Waals surface area (Å²) in [5.41, 5.74) is 1.08. The lowest BCUT2D eigenvalue weighted by atomic mass is 10.3. The smallest absolute Gasteiger partial charge is 0.304 e. The van der Waals surface area contributed by atoms with Gasteiger partial charge in [-0.05, 0) is 29.7 Å². The van der Waals surface area contributed by atoms with Crippen molar-refractivity contribution in [3.63, 3.8) is 0 Å². The Morgan fingerprint density at radius 1 is 1.25 bits per heavy atom. The number of rotatable bonds is 5. The topological polar surface area (TPSA) is 70.0 Å². The van der Waals surface area contributed by atoms with E-state index < -0.39 is 5.97 Å². The van der Waals surface area contributed by atoms with Crippen molar-refractivity contribution in [1.29, 1.82) is 0 Å². The molecule has 1 aliphatic rings. The second-order valence-electron chi connectivity index (χ2n) is 4.91. The number of nitrogens with zero attached hydrogens (tertiary/aromatic N) is 2. The lowest BCUT2D eigenvalue weighted by molar-refractivity contribution is -0.136. The number of aliphatic imine (C=N–C) groups is 1. The fraction of sp³-hybridized carbons (Fsp3) is 0.118. The van der Waals surface area contributed by atoms with Gasteiger partial charge in [-0.25, -0.2) is 4.99 Å². The fourth-order valence-electron chi connectivity index (χ4n) is 2.14. The van der Waals surface area contributed by atoms with E-state index in [1.54, 1.807) is 6.08 Å². The van der Waals surface area contributed by atoms with Crippen LogP contribution in [-0.2, 0) is 9.59 Å². The normalized spacial score (nSPS) is 15.8. The quantitative estimate of drug-likeness (QED) is 0.828.